The summed E-state index contributed by atoms with van der Waals surface area (Å²) in [5, 5.41) is 3.89. The van der Waals surface area contributed by atoms with E-state index in [-0.39, 0.29) is 24.5 Å². The van der Waals surface area contributed by atoms with Crippen molar-refractivity contribution in [2.75, 3.05) is 12.0 Å². The van der Waals surface area contributed by atoms with Gasteiger partial charge in [-0.3, -0.25) is 5.43 Å². The van der Waals surface area contributed by atoms with Crippen LogP contribution in [0, 0.1) is 0 Å². The molecule has 0 unspecified atom stereocenters. The molecule has 0 aliphatic carbocycles. The van der Waals surface area contributed by atoms with Crippen LogP contribution in [0.5, 0.6) is 6.01 Å². The highest BCUT2D eigenvalue weighted by Crippen LogP contribution is 2.09. The summed E-state index contributed by atoms with van der Waals surface area (Å²) in [7, 11) is 0. The minimum absolute atomic E-state index is 0.123. The first kappa shape index (κ1) is 11.0. The van der Waals surface area contributed by atoms with E-state index >= 15 is 0 Å². The molecular formula is C8H10N8O. The van der Waals surface area contributed by atoms with Gasteiger partial charge in [0.1, 0.15) is 19.3 Å². The maximum atomic E-state index is 5.25. The van der Waals surface area contributed by atoms with E-state index in [1.165, 1.54) is 17.3 Å². The SMILES string of the molecule is C=CCOc1nc(NN)nc(-n2cncn2)n1. The standard InChI is InChI=1S/C8H10N8O/c1-2-3-17-8-13-6(15-9)12-7(14-8)16-5-10-4-11-16/h2,4-5H,1,3,9H2,(H,12,13,14,15). The fraction of sp³-hybridized carbons (Fsp3) is 0.125. The van der Waals surface area contributed by atoms with Crippen LogP contribution < -0.4 is 16.0 Å². The Morgan fingerprint density at radius 3 is 3.00 bits per heavy atom. The van der Waals surface area contributed by atoms with Gasteiger partial charge in [0.05, 0.1) is 0 Å². The number of anilines is 1. The number of ether oxygens (including phenoxy) is 1. The minimum Gasteiger partial charge on any atom is -0.459 e. The summed E-state index contributed by atoms with van der Waals surface area (Å²) < 4.78 is 6.56. The second kappa shape index (κ2) is 4.99. The Kier molecular flexibility index (Phi) is 3.21. The van der Waals surface area contributed by atoms with E-state index < -0.39 is 0 Å². The molecule has 0 saturated heterocycles. The van der Waals surface area contributed by atoms with Crippen LogP contribution in [0.1, 0.15) is 0 Å². The van der Waals surface area contributed by atoms with Gasteiger partial charge >= 0.3 is 6.01 Å². The third-order valence-corrected chi connectivity index (χ3v) is 1.69. The van der Waals surface area contributed by atoms with Crippen molar-refractivity contribution >= 4 is 5.95 Å². The lowest BCUT2D eigenvalue weighted by atomic mass is 10.7. The van der Waals surface area contributed by atoms with E-state index in [4.69, 9.17) is 10.6 Å². The summed E-state index contributed by atoms with van der Waals surface area (Å²) in [5.41, 5.74) is 2.32. The zero-order valence-corrected chi connectivity index (χ0v) is 8.82. The maximum absolute atomic E-state index is 5.25. The van der Waals surface area contributed by atoms with Crippen LogP contribution in [-0.4, -0.2) is 36.3 Å². The lowest BCUT2D eigenvalue weighted by molar-refractivity contribution is 0.331. The van der Waals surface area contributed by atoms with Crippen molar-refractivity contribution < 1.29 is 4.74 Å². The molecule has 2 aromatic rings. The van der Waals surface area contributed by atoms with Crippen LogP contribution >= 0.6 is 0 Å². The van der Waals surface area contributed by atoms with Gasteiger partial charge in [0, 0.05) is 0 Å². The Bertz CT molecular complexity index is 496. The summed E-state index contributed by atoms with van der Waals surface area (Å²) in [4.78, 5) is 15.7. The van der Waals surface area contributed by atoms with Crippen LogP contribution in [0.2, 0.25) is 0 Å². The number of nitrogens with one attached hydrogen (secondary N) is 1. The number of rotatable bonds is 5. The molecule has 2 rings (SSSR count). The first-order valence-corrected chi connectivity index (χ1v) is 4.65. The Labute approximate surface area is 96.4 Å². The Morgan fingerprint density at radius 1 is 1.47 bits per heavy atom. The van der Waals surface area contributed by atoms with E-state index in [1.807, 2.05) is 0 Å². The normalized spacial score (nSPS) is 9.94. The van der Waals surface area contributed by atoms with E-state index in [9.17, 15) is 0 Å². The number of nitrogen functional groups attached to an aromatic ring is 1. The quantitative estimate of drug-likeness (QED) is 0.396. The van der Waals surface area contributed by atoms with Gasteiger partial charge in [-0.1, -0.05) is 12.7 Å². The average molecular weight is 234 g/mol. The van der Waals surface area contributed by atoms with Gasteiger partial charge < -0.3 is 4.74 Å². The van der Waals surface area contributed by atoms with Crippen molar-refractivity contribution in [3.63, 3.8) is 0 Å². The summed E-state index contributed by atoms with van der Waals surface area (Å²) in [6.45, 7) is 3.81. The molecule has 0 aromatic carbocycles. The molecule has 0 saturated carbocycles. The number of aromatic nitrogens is 6. The highest BCUT2D eigenvalue weighted by atomic mass is 16.5. The fourth-order valence-corrected chi connectivity index (χ4v) is 1.02. The third kappa shape index (κ3) is 2.52. The smallest absolute Gasteiger partial charge is 0.323 e. The van der Waals surface area contributed by atoms with Gasteiger partial charge in [-0.05, 0) is 0 Å². The number of nitrogens with two attached hydrogens (primary N) is 1. The maximum Gasteiger partial charge on any atom is 0.323 e. The summed E-state index contributed by atoms with van der Waals surface area (Å²) in [6, 6.07) is 0.123. The molecule has 2 aromatic heterocycles. The van der Waals surface area contributed by atoms with Crippen LogP contribution in [0.4, 0.5) is 5.95 Å². The van der Waals surface area contributed by atoms with E-state index in [0.717, 1.165) is 0 Å². The molecular weight excluding hydrogens is 224 g/mol. The van der Waals surface area contributed by atoms with Crippen molar-refractivity contribution in [3.05, 3.63) is 25.3 Å². The molecule has 3 N–H and O–H groups in total. The molecule has 17 heavy (non-hydrogen) atoms. The van der Waals surface area contributed by atoms with Gasteiger partial charge in [0.2, 0.25) is 5.95 Å². The topological polar surface area (TPSA) is 117 Å². The lowest BCUT2D eigenvalue weighted by Gasteiger charge is -2.05. The van der Waals surface area contributed by atoms with Crippen molar-refractivity contribution in [3.8, 4) is 12.0 Å². The minimum atomic E-state index is 0.123. The van der Waals surface area contributed by atoms with E-state index in [2.05, 4.69) is 37.0 Å². The predicted molar refractivity (Wildman–Crippen MR) is 58.2 cm³/mol. The van der Waals surface area contributed by atoms with Gasteiger partial charge in [0.15, 0.2) is 0 Å². The van der Waals surface area contributed by atoms with Gasteiger partial charge in [-0.2, -0.15) is 24.7 Å². The largest absolute Gasteiger partial charge is 0.459 e. The van der Waals surface area contributed by atoms with Crippen LogP contribution in [0.15, 0.2) is 25.3 Å². The molecule has 0 aliphatic rings. The van der Waals surface area contributed by atoms with Crippen LogP contribution in [0.3, 0.4) is 0 Å². The number of nitrogens with zero attached hydrogens (tertiary/aromatic N) is 6. The van der Waals surface area contributed by atoms with Crippen molar-refractivity contribution in [2.24, 2.45) is 5.84 Å². The third-order valence-electron chi connectivity index (χ3n) is 1.69. The Morgan fingerprint density at radius 2 is 2.35 bits per heavy atom. The molecule has 0 radical (unpaired) electrons. The zero-order valence-electron chi connectivity index (χ0n) is 8.82. The Balaban J connectivity index is 2.35. The number of hydrogen-bond donors (Lipinski definition) is 2. The molecule has 9 nitrogen and oxygen atoms in total. The van der Waals surface area contributed by atoms with Gasteiger partial charge in [-0.25, -0.2) is 10.8 Å². The molecule has 0 bridgehead atoms. The zero-order chi connectivity index (χ0) is 12.1. The summed E-state index contributed by atoms with van der Waals surface area (Å²) in [5.74, 6) is 5.67. The van der Waals surface area contributed by atoms with Gasteiger partial charge in [0.25, 0.3) is 5.95 Å². The lowest BCUT2D eigenvalue weighted by Crippen LogP contribution is -2.15. The van der Waals surface area contributed by atoms with E-state index in [0.29, 0.717) is 0 Å². The first-order valence-electron chi connectivity index (χ1n) is 4.65. The first-order chi connectivity index (χ1) is 8.33. The van der Waals surface area contributed by atoms with Crippen molar-refractivity contribution in [1.29, 1.82) is 0 Å². The molecule has 0 amide bonds. The van der Waals surface area contributed by atoms with Crippen molar-refractivity contribution in [2.45, 2.75) is 0 Å². The fourth-order valence-electron chi connectivity index (χ4n) is 1.02. The molecule has 0 atom stereocenters. The molecule has 88 valence electrons. The summed E-state index contributed by atoms with van der Waals surface area (Å²) in [6.07, 6.45) is 4.39. The summed E-state index contributed by atoms with van der Waals surface area (Å²) >= 11 is 0. The second-order valence-corrected chi connectivity index (χ2v) is 2.83. The Hall–Kier alpha value is -2.55. The number of hydrogen-bond acceptors (Lipinski definition) is 8. The molecule has 2 heterocycles. The average Bonchev–Trinajstić information content (AvgIpc) is 2.89. The highest BCUT2D eigenvalue weighted by Gasteiger charge is 2.08. The molecule has 0 aliphatic heterocycles. The molecule has 0 spiro atoms. The molecule has 9 heteroatoms. The van der Waals surface area contributed by atoms with Crippen LogP contribution in [0.25, 0.3) is 5.95 Å². The monoisotopic (exact) mass is 234 g/mol. The predicted octanol–water partition coefficient (Wildman–Crippen LogP) is -0.697. The second-order valence-electron chi connectivity index (χ2n) is 2.83. The van der Waals surface area contributed by atoms with Crippen LogP contribution in [-0.2, 0) is 0 Å². The highest BCUT2D eigenvalue weighted by molar-refractivity contribution is 5.28. The van der Waals surface area contributed by atoms with Crippen molar-refractivity contribution in [1.82, 2.24) is 29.7 Å². The van der Waals surface area contributed by atoms with Gasteiger partial charge in [-0.15, -0.1) is 0 Å². The number of hydrazine groups is 1. The van der Waals surface area contributed by atoms with E-state index in [1.54, 1.807) is 6.08 Å². The molecule has 0 fully saturated rings.